The Balaban J connectivity index is 2.07. The van der Waals surface area contributed by atoms with E-state index >= 15 is 0 Å². The Morgan fingerprint density at radius 1 is 1.58 bits per heavy atom. The third-order valence-electron chi connectivity index (χ3n) is 2.30. The van der Waals surface area contributed by atoms with Crippen molar-refractivity contribution in [3.8, 4) is 0 Å². The Morgan fingerprint density at radius 2 is 2.33 bits per heavy atom. The van der Waals surface area contributed by atoms with Gasteiger partial charge in [0.1, 0.15) is 0 Å². The zero-order valence-corrected chi connectivity index (χ0v) is 7.32. The summed E-state index contributed by atoms with van der Waals surface area (Å²) in [6.07, 6.45) is 1.52. The third-order valence-corrected chi connectivity index (χ3v) is 2.30. The van der Waals surface area contributed by atoms with Crippen LogP contribution in [0.5, 0.6) is 0 Å². The molecular formula is C8H18N2O2. The Kier molecular flexibility index (Phi) is 3.94. The average molecular weight is 174 g/mol. The van der Waals surface area contributed by atoms with E-state index in [4.69, 9.17) is 10.8 Å². The number of likely N-dealkylation sites (tertiary alicyclic amines) is 1. The molecule has 1 fully saturated rings. The second kappa shape index (κ2) is 4.77. The number of nitrogens with zero attached hydrogens (tertiary/aromatic N) is 1. The van der Waals surface area contributed by atoms with Crippen molar-refractivity contribution in [3.63, 3.8) is 0 Å². The number of aliphatic hydroxyl groups excluding tert-OH is 2. The molecule has 4 N–H and O–H groups in total. The van der Waals surface area contributed by atoms with Crippen molar-refractivity contribution >= 4 is 0 Å². The molecule has 72 valence electrons. The van der Waals surface area contributed by atoms with Gasteiger partial charge in [0.25, 0.3) is 0 Å². The van der Waals surface area contributed by atoms with Gasteiger partial charge in [0.15, 0.2) is 0 Å². The highest BCUT2D eigenvalue weighted by Crippen LogP contribution is 2.08. The van der Waals surface area contributed by atoms with Gasteiger partial charge in [-0.2, -0.15) is 0 Å². The van der Waals surface area contributed by atoms with Crippen LogP contribution in [-0.2, 0) is 0 Å². The van der Waals surface area contributed by atoms with E-state index in [1.54, 1.807) is 0 Å². The van der Waals surface area contributed by atoms with Crippen LogP contribution in [0.3, 0.4) is 0 Å². The molecule has 0 aromatic carbocycles. The lowest BCUT2D eigenvalue weighted by atomic mass is 10.2. The molecule has 12 heavy (non-hydrogen) atoms. The minimum absolute atomic E-state index is 0.0520. The zero-order valence-electron chi connectivity index (χ0n) is 7.32. The standard InChI is InChI=1S/C8H18N2O2/c9-7(6-11)1-3-10-4-2-8(12)5-10/h7-8,11-12H,1-6,9H2. The van der Waals surface area contributed by atoms with Crippen molar-refractivity contribution in [1.82, 2.24) is 4.90 Å². The second-order valence-corrected chi connectivity index (χ2v) is 3.47. The topological polar surface area (TPSA) is 69.7 Å². The molecule has 0 bridgehead atoms. The quantitative estimate of drug-likeness (QED) is 0.499. The van der Waals surface area contributed by atoms with Gasteiger partial charge < -0.3 is 20.8 Å². The maximum absolute atomic E-state index is 9.20. The Morgan fingerprint density at radius 3 is 2.83 bits per heavy atom. The summed E-state index contributed by atoms with van der Waals surface area (Å²) in [5.74, 6) is 0. The molecule has 0 amide bonds. The molecule has 0 radical (unpaired) electrons. The van der Waals surface area contributed by atoms with Crippen molar-refractivity contribution in [2.24, 2.45) is 5.73 Å². The molecule has 2 unspecified atom stereocenters. The van der Waals surface area contributed by atoms with E-state index in [9.17, 15) is 5.11 Å². The van der Waals surface area contributed by atoms with E-state index in [2.05, 4.69) is 4.90 Å². The van der Waals surface area contributed by atoms with Crippen molar-refractivity contribution < 1.29 is 10.2 Å². The predicted octanol–water partition coefficient (Wildman–Crippen LogP) is -1.24. The van der Waals surface area contributed by atoms with Crippen LogP contribution in [0, 0.1) is 0 Å². The SMILES string of the molecule is NC(CO)CCN1CCC(O)C1. The highest BCUT2D eigenvalue weighted by molar-refractivity contribution is 4.75. The van der Waals surface area contributed by atoms with Crippen molar-refractivity contribution in [2.75, 3.05) is 26.2 Å². The molecule has 1 aliphatic heterocycles. The first-order chi connectivity index (χ1) is 5.72. The van der Waals surface area contributed by atoms with Gasteiger partial charge in [0.05, 0.1) is 12.7 Å². The Hall–Kier alpha value is -0.160. The lowest BCUT2D eigenvalue weighted by molar-refractivity contribution is 0.173. The largest absolute Gasteiger partial charge is 0.395 e. The van der Waals surface area contributed by atoms with Crippen molar-refractivity contribution in [2.45, 2.75) is 25.0 Å². The van der Waals surface area contributed by atoms with Gasteiger partial charge >= 0.3 is 0 Å². The summed E-state index contributed by atoms with van der Waals surface area (Å²) in [7, 11) is 0. The van der Waals surface area contributed by atoms with E-state index in [1.165, 1.54) is 0 Å². The van der Waals surface area contributed by atoms with Crippen LogP contribution < -0.4 is 5.73 Å². The molecule has 1 heterocycles. The number of rotatable bonds is 4. The van der Waals surface area contributed by atoms with E-state index in [0.29, 0.717) is 0 Å². The van der Waals surface area contributed by atoms with Crippen LogP contribution >= 0.6 is 0 Å². The monoisotopic (exact) mass is 174 g/mol. The molecule has 0 saturated carbocycles. The molecule has 4 heteroatoms. The normalized spacial score (nSPS) is 27.8. The van der Waals surface area contributed by atoms with Crippen molar-refractivity contribution in [1.29, 1.82) is 0 Å². The highest BCUT2D eigenvalue weighted by atomic mass is 16.3. The molecular weight excluding hydrogens is 156 g/mol. The fraction of sp³-hybridized carbons (Fsp3) is 1.00. The lowest BCUT2D eigenvalue weighted by Gasteiger charge is -2.16. The smallest absolute Gasteiger partial charge is 0.0679 e. The Labute approximate surface area is 73.0 Å². The second-order valence-electron chi connectivity index (χ2n) is 3.47. The first-order valence-electron chi connectivity index (χ1n) is 4.49. The fourth-order valence-electron chi connectivity index (χ4n) is 1.45. The molecule has 0 aromatic rings. The van der Waals surface area contributed by atoms with Crippen LogP contribution in [0.15, 0.2) is 0 Å². The maximum atomic E-state index is 9.20. The summed E-state index contributed by atoms with van der Waals surface area (Å²) in [5, 5.41) is 17.9. The Bertz CT molecular complexity index is 132. The maximum Gasteiger partial charge on any atom is 0.0679 e. The van der Waals surface area contributed by atoms with Crippen LogP contribution in [0.25, 0.3) is 0 Å². The first-order valence-corrected chi connectivity index (χ1v) is 4.49. The number of nitrogens with two attached hydrogens (primary N) is 1. The van der Waals surface area contributed by atoms with Gasteiger partial charge in [0.2, 0.25) is 0 Å². The number of β-amino-alcohol motifs (C(OH)–C–C–N with tert-alkyl or cyclic N) is 1. The summed E-state index contributed by atoms with van der Waals surface area (Å²) >= 11 is 0. The van der Waals surface area contributed by atoms with Gasteiger partial charge in [-0.15, -0.1) is 0 Å². The minimum atomic E-state index is -0.157. The third kappa shape index (κ3) is 3.06. The molecule has 1 aliphatic rings. The van der Waals surface area contributed by atoms with E-state index in [1.807, 2.05) is 0 Å². The summed E-state index contributed by atoms with van der Waals surface area (Å²) in [4.78, 5) is 2.18. The first kappa shape index (κ1) is 9.92. The van der Waals surface area contributed by atoms with Gasteiger partial charge in [-0.3, -0.25) is 0 Å². The summed E-state index contributed by atoms with van der Waals surface area (Å²) in [5.41, 5.74) is 5.55. The van der Waals surface area contributed by atoms with E-state index < -0.39 is 0 Å². The summed E-state index contributed by atoms with van der Waals surface area (Å²) in [6.45, 7) is 2.66. The van der Waals surface area contributed by atoms with Crippen LogP contribution in [0.4, 0.5) is 0 Å². The molecule has 2 atom stereocenters. The summed E-state index contributed by atoms with van der Waals surface area (Å²) < 4.78 is 0. The predicted molar refractivity (Wildman–Crippen MR) is 46.7 cm³/mol. The molecule has 0 aliphatic carbocycles. The number of aliphatic hydroxyl groups is 2. The van der Waals surface area contributed by atoms with Crippen LogP contribution in [-0.4, -0.2) is 53.5 Å². The summed E-state index contributed by atoms with van der Waals surface area (Å²) in [6, 6.07) is -0.109. The number of hydrogen-bond acceptors (Lipinski definition) is 4. The van der Waals surface area contributed by atoms with Crippen LogP contribution in [0.2, 0.25) is 0 Å². The van der Waals surface area contributed by atoms with Gasteiger partial charge in [-0.05, 0) is 19.4 Å². The average Bonchev–Trinajstić information content (AvgIpc) is 2.47. The molecule has 0 aromatic heterocycles. The van der Waals surface area contributed by atoms with Gasteiger partial charge in [0, 0.05) is 19.1 Å². The minimum Gasteiger partial charge on any atom is -0.395 e. The van der Waals surface area contributed by atoms with Gasteiger partial charge in [-0.25, -0.2) is 0 Å². The fourth-order valence-corrected chi connectivity index (χ4v) is 1.45. The van der Waals surface area contributed by atoms with E-state index in [0.717, 1.165) is 32.5 Å². The zero-order chi connectivity index (χ0) is 8.97. The van der Waals surface area contributed by atoms with Crippen molar-refractivity contribution in [3.05, 3.63) is 0 Å². The lowest BCUT2D eigenvalue weighted by Crippen LogP contribution is -2.31. The molecule has 0 spiro atoms. The number of hydrogen-bond donors (Lipinski definition) is 3. The van der Waals surface area contributed by atoms with Gasteiger partial charge in [-0.1, -0.05) is 0 Å². The molecule has 1 rings (SSSR count). The molecule has 4 nitrogen and oxygen atoms in total. The highest BCUT2D eigenvalue weighted by Gasteiger charge is 2.19. The van der Waals surface area contributed by atoms with Crippen LogP contribution in [0.1, 0.15) is 12.8 Å². The molecule has 1 saturated heterocycles. The van der Waals surface area contributed by atoms with E-state index in [-0.39, 0.29) is 18.8 Å².